The summed E-state index contributed by atoms with van der Waals surface area (Å²) in [5, 5.41) is 0. The van der Waals surface area contributed by atoms with Crippen LogP contribution in [0.2, 0.25) is 0 Å². The number of unbranched alkanes of at least 4 members (excludes halogenated alkanes) is 2. The average molecular weight is 187 g/mol. The van der Waals surface area contributed by atoms with Gasteiger partial charge in [0.15, 0.2) is 0 Å². The first-order chi connectivity index (χ1) is 6.35. The smallest absolute Gasteiger partial charge is 0.0225 e. The lowest BCUT2D eigenvalue weighted by Crippen LogP contribution is -2.36. The van der Waals surface area contributed by atoms with Gasteiger partial charge in [0, 0.05) is 13.1 Å². The Morgan fingerprint density at radius 2 is 1.54 bits per heavy atom. The van der Waals surface area contributed by atoms with Gasteiger partial charge in [-0.25, -0.2) is 0 Å². The Hall–Kier alpha value is -0.120. The van der Waals surface area contributed by atoms with Crippen molar-refractivity contribution in [1.29, 1.82) is 0 Å². The highest BCUT2D eigenvalue weighted by atomic mass is 15.2. The molecule has 0 fully saturated rings. The van der Waals surface area contributed by atoms with Gasteiger partial charge in [0.25, 0.3) is 0 Å². The maximum Gasteiger partial charge on any atom is 0.0225 e. The van der Waals surface area contributed by atoms with Crippen molar-refractivity contribution in [3.63, 3.8) is 0 Å². The van der Waals surface area contributed by atoms with E-state index in [0.29, 0.717) is 0 Å². The van der Waals surface area contributed by atoms with Crippen LogP contribution in [0.1, 0.15) is 39.5 Å². The van der Waals surface area contributed by atoms with Crippen molar-refractivity contribution >= 4 is 0 Å². The third kappa shape index (κ3) is 8.22. The van der Waals surface area contributed by atoms with E-state index in [4.69, 9.17) is 5.84 Å². The summed E-state index contributed by atoms with van der Waals surface area (Å²) in [5.41, 5.74) is 2.71. The molecule has 3 nitrogen and oxygen atoms in total. The zero-order valence-corrected chi connectivity index (χ0v) is 9.18. The maximum atomic E-state index is 5.26. The molecule has 3 N–H and O–H groups in total. The van der Waals surface area contributed by atoms with E-state index in [1.54, 1.807) is 0 Å². The van der Waals surface area contributed by atoms with Crippen molar-refractivity contribution in [3.05, 3.63) is 0 Å². The van der Waals surface area contributed by atoms with Crippen molar-refractivity contribution < 1.29 is 0 Å². The van der Waals surface area contributed by atoms with Crippen molar-refractivity contribution in [3.8, 4) is 0 Å². The molecular formula is C10H25N3. The number of rotatable bonds is 9. The van der Waals surface area contributed by atoms with Crippen LogP contribution in [0.15, 0.2) is 0 Å². The molecule has 0 saturated carbocycles. The van der Waals surface area contributed by atoms with E-state index in [1.165, 1.54) is 38.8 Å². The number of hydrogen-bond donors (Lipinski definition) is 2. The highest BCUT2D eigenvalue weighted by Crippen LogP contribution is 1.97. The summed E-state index contributed by atoms with van der Waals surface area (Å²) in [4.78, 5) is 2.49. The lowest BCUT2D eigenvalue weighted by molar-refractivity contribution is 0.265. The number of nitrogens with two attached hydrogens (primary N) is 1. The van der Waals surface area contributed by atoms with Gasteiger partial charge in [-0.15, -0.1) is 0 Å². The SMILES string of the molecule is CCCCN(CCCC)CCNN. The topological polar surface area (TPSA) is 41.3 Å². The highest BCUT2D eigenvalue weighted by Gasteiger charge is 2.01. The summed E-state index contributed by atoms with van der Waals surface area (Å²) >= 11 is 0. The minimum Gasteiger partial charge on any atom is -0.302 e. The molecule has 80 valence electrons. The van der Waals surface area contributed by atoms with Crippen molar-refractivity contribution in [2.75, 3.05) is 26.2 Å². The zero-order chi connectivity index (χ0) is 9.94. The van der Waals surface area contributed by atoms with Gasteiger partial charge in [-0.2, -0.15) is 0 Å². The minimum atomic E-state index is 0.896. The fourth-order valence-corrected chi connectivity index (χ4v) is 1.32. The lowest BCUT2D eigenvalue weighted by atomic mass is 10.2. The molecule has 0 aromatic rings. The first-order valence-corrected chi connectivity index (χ1v) is 5.51. The van der Waals surface area contributed by atoms with E-state index >= 15 is 0 Å². The molecule has 0 amide bonds. The van der Waals surface area contributed by atoms with Crippen molar-refractivity contribution in [2.45, 2.75) is 39.5 Å². The standard InChI is InChI=1S/C10H25N3/c1-3-5-8-13(9-6-4-2)10-7-12-11/h12H,3-11H2,1-2H3. The Morgan fingerprint density at radius 1 is 1.00 bits per heavy atom. The first kappa shape index (κ1) is 12.9. The van der Waals surface area contributed by atoms with Crippen LogP contribution >= 0.6 is 0 Å². The summed E-state index contributed by atoms with van der Waals surface area (Å²) in [6.07, 6.45) is 5.15. The van der Waals surface area contributed by atoms with Gasteiger partial charge in [0.05, 0.1) is 0 Å². The molecule has 0 aliphatic rings. The summed E-state index contributed by atoms with van der Waals surface area (Å²) in [7, 11) is 0. The Morgan fingerprint density at radius 3 is 1.92 bits per heavy atom. The monoisotopic (exact) mass is 187 g/mol. The Labute approximate surface area is 82.6 Å². The van der Waals surface area contributed by atoms with E-state index in [2.05, 4.69) is 24.2 Å². The summed E-state index contributed by atoms with van der Waals surface area (Å²) < 4.78 is 0. The third-order valence-corrected chi connectivity index (χ3v) is 2.23. The van der Waals surface area contributed by atoms with Gasteiger partial charge in [-0.3, -0.25) is 11.3 Å². The van der Waals surface area contributed by atoms with E-state index in [0.717, 1.165) is 13.1 Å². The van der Waals surface area contributed by atoms with E-state index in [1.807, 2.05) is 0 Å². The van der Waals surface area contributed by atoms with Crippen LogP contribution in [-0.4, -0.2) is 31.1 Å². The maximum absolute atomic E-state index is 5.26. The molecule has 0 aromatic carbocycles. The molecule has 0 atom stereocenters. The molecule has 13 heavy (non-hydrogen) atoms. The molecule has 0 unspecified atom stereocenters. The molecule has 0 aliphatic carbocycles. The Bertz CT molecular complexity index is 77.2. The first-order valence-electron chi connectivity index (χ1n) is 5.51. The fourth-order valence-electron chi connectivity index (χ4n) is 1.32. The molecular weight excluding hydrogens is 162 g/mol. The van der Waals surface area contributed by atoms with Crippen LogP contribution < -0.4 is 11.3 Å². The van der Waals surface area contributed by atoms with Crippen LogP contribution in [-0.2, 0) is 0 Å². The summed E-state index contributed by atoms with van der Waals surface area (Å²) in [6, 6.07) is 0. The third-order valence-electron chi connectivity index (χ3n) is 2.23. The van der Waals surface area contributed by atoms with Gasteiger partial charge in [0.2, 0.25) is 0 Å². The van der Waals surface area contributed by atoms with Crippen LogP contribution in [0.3, 0.4) is 0 Å². The number of nitrogens with one attached hydrogen (secondary N) is 1. The number of nitrogens with zero attached hydrogens (tertiary/aromatic N) is 1. The van der Waals surface area contributed by atoms with Crippen LogP contribution in [0, 0.1) is 0 Å². The predicted molar refractivity (Wildman–Crippen MR) is 58.4 cm³/mol. The molecule has 0 saturated heterocycles. The zero-order valence-electron chi connectivity index (χ0n) is 9.18. The molecule has 0 rings (SSSR count). The van der Waals surface area contributed by atoms with Crippen LogP contribution in [0.5, 0.6) is 0 Å². The second-order valence-corrected chi connectivity index (χ2v) is 3.50. The highest BCUT2D eigenvalue weighted by molar-refractivity contribution is 4.58. The fraction of sp³-hybridized carbons (Fsp3) is 1.00. The number of hydrogen-bond acceptors (Lipinski definition) is 3. The molecule has 0 bridgehead atoms. The van der Waals surface area contributed by atoms with Crippen LogP contribution in [0.25, 0.3) is 0 Å². The van der Waals surface area contributed by atoms with Gasteiger partial charge in [0.1, 0.15) is 0 Å². The van der Waals surface area contributed by atoms with E-state index < -0.39 is 0 Å². The summed E-state index contributed by atoms with van der Waals surface area (Å²) in [6.45, 7) is 8.89. The minimum absolute atomic E-state index is 0.896. The lowest BCUT2D eigenvalue weighted by Gasteiger charge is -2.21. The molecule has 0 aromatic heterocycles. The number of hydrazine groups is 1. The largest absolute Gasteiger partial charge is 0.302 e. The van der Waals surface area contributed by atoms with Crippen molar-refractivity contribution in [1.82, 2.24) is 10.3 Å². The van der Waals surface area contributed by atoms with E-state index in [9.17, 15) is 0 Å². The van der Waals surface area contributed by atoms with Gasteiger partial charge >= 0.3 is 0 Å². The Kier molecular flexibility index (Phi) is 9.87. The van der Waals surface area contributed by atoms with Crippen LogP contribution in [0.4, 0.5) is 0 Å². The molecule has 0 radical (unpaired) electrons. The molecule has 3 heteroatoms. The van der Waals surface area contributed by atoms with Gasteiger partial charge in [-0.05, 0) is 25.9 Å². The second kappa shape index (κ2) is 9.96. The average Bonchev–Trinajstić information content (AvgIpc) is 2.17. The molecule has 0 heterocycles. The predicted octanol–water partition coefficient (Wildman–Crippen LogP) is 1.35. The second-order valence-electron chi connectivity index (χ2n) is 3.50. The van der Waals surface area contributed by atoms with E-state index in [-0.39, 0.29) is 0 Å². The quantitative estimate of drug-likeness (QED) is 0.423. The Balaban J connectivity index is 3.47. The normalized spacial score (nSPS) is 11.1. The molecule has 0 aliphatic heterocycles. The van der Waals surface area contributed by atoms with Crippen molar-refractivity contribution in [2.24, 2.45) is 5.84 Å². The molecule has 0 spiro atoms. The van der Waals surface area contributed by atoms with Gasteiger partial charge in [-0.1, -0.05) is 26.7 Å². The van der Waals surface area contributed by atoms with Gasteiger partial charge < -0.3 is 4.90 Å². The summed E-state index contributed by atoms with van der Waals surface area (Å²) in [5.74, 6) is 5.26.